The zero-order valence-corrected chi connectivity index (χ0v) is 15.7. The number of non-ortho nitro benzene ring substituents is 1. The molecule has 0 saturated carbocycles. The third-order valence-corrected chi connectivity index (χ3v) is 4.14. The van der Waals surface area contributed by atoms with Crippen molar-refractivity contribution in [3.8, 4) is 0 Å². The van der Waals surface area contributed by atoms with Crippen LogP contribution >= 0.6 is 15.9 Å². The van der Waals surface area contributed by atoms with Crippen LogP contribution in [0.5, 0.6) is 0 Å². The maximum atomic E-state index is 12.2. The van der Waals surface area contributed by atoms with E-state index in [1.165, 1.54) is 18.2 Å². The fraction of sp³-hybridized carbons (Fsp3) is 0.235. The van der Waals surface area contributed by atoms with Crippen LogP contribution in [0, 0.1) is 17.0 Å². The van der Waals surface area contributed by atoms with Gasteiger partial charge >= 0.3 is 0 Å². The number of hydrogen-bond acceptors (Lipinski definition) is 6. The molecule has 26 heavy (non-hydrogen) atoms. The highest BCUT2D eigenvalue weighted by molar-refractivity contribution is 9.10. The summed E-state index contributed by atoms with van der Waals surface area (Å²) in [5.74, 6) is -0.297. The lowest BCUT2D eigenvalue weighted by Gasteiger charge is -2.14. The Hall–Kier alpha value is -2.65. The number of anilines is 3. The maximum absolute atomic E-state index is 12.2. The number of nitro groups is 1. The van der Waals surface area contributed by atoms with Gasteiger partial charge in [-0.25, -0.2) is 0 Å². The van der Waals surface area contributed by atoms with Crippen molar-refractivity contribution < 1.29 is 14.8 Å². The fourth-order valence-electron chi connectivity index (χ4n) is 2.23. The van der Waals surface area contributed by atoms with Crippen molar-refractivity contribution in [3.63, 3.8) is 0 Å². The Morgan fingerprint density at radius 2 is 1.88 bits per heavy atom. The van der Waals surface area contributed by atoms with Crippen molar-refractivity contribution in [1.29, 1.82) is 0 Å². The topological polar surface area (TPSA) is 117 Å². The number of aliphatic hydroxyl groups is 1. The lowest BCUT2D eigenvalue weighted by atomic mass is 10.2. The summed E-state index contributed by atoms with van der Waals surface area (Å²) in [5.41, 5.74) is 2.58. The predicted molar refractivity (Wildman–Crippen MR) is 105 cm³/mol. The summed E-state index contributed by atoms with van der Waals surface area (Å²) in [6, 6.07) is 9.79. The Morgan fingerprint density at radius 1 is 1.15 bits per heavy atom. The summed E-state index contributed by atoms with van der Waals surface area (Å²) in [7, 11) is 0. The smallest absolute Gasteiger partial charge is 0.271 e. The Morgan fingerprint density at radius 3 is 2.54 bits per heavy atom. The van der Waals surface area contributed by atoms with Gasteiger partial charge in [-0.3, -0.25) is 14.9 Å². The van der Waals surface area contributed by atoms with Crippen molar-refractivity contribution in [2.75, 3.05) is 35.6 Å². The van der Waals surface area contributed by atoms with Gasteiger partial charge in [0, 0.05) is 23.2 Å². The lowest BCUT2D eigenvalue weighted by Crippen LogP contribution is -2.22. The van der Waals surface area contributed by atoms with E-state index in [1.807, 2.05) is 19.1 Å². The number of nitrogens with one attached hydrogen (secondary N) is 3. The molecular formula is C17H19BrN4O4. The van der Waals surface area contributed by atoms with Crippen LogP contribution in [0.3, 0.4) is 0 Å². The summed E-state index contributed by atoms with van der Waals surface area (Å²) >= 11 is 3.39. The molecule has 2 aromatic carbocycles. The van der Waals surface area contributed by atoms with Crippen LogP contribution in [0.4, 0.5) is 22.7 Å². The van der Waals surface area contributed by atoms with Gasteiger partial charge in [-0.05, 0) is 46.6 Å². The van der Waals surface area contributed by atoms with Gasteiger partial charge in [0.1, 0.15) is 0 Å². The Labute approximate surface area is 158 Å². The second-order valence-electron chi connectivity index (χ2n) is 5.52. The Bertz CT molecular complexity index is 813. The van der Waals surface area contributed by atoms with E-state index in [-0.39, 0.29) is 31.3 Å². The number of rotatable bonds is 8. The fourth-order valence-corrected chi connectivity index (χ4v) is 2.82. The van der Waals surface area contributed by atoms with E-state index in [0.29, 0.717) is 17.1 Å². The normalized spacial score (nSPS) is 10.3. The molecule has 0 aliphatic heterocycles. The van der Waals surface area contributed by atoms with Crippen LogP contribution in [0.25, 0.3) is 0 Å². The summed E-state index contributed by atoms with van der Waals surface area (Å²) in [6.45, 7) is 2.07. The number of benzene rings is 2. The van der Waals surface area contributed by atoms with Crippen LogP contribution in [0.2, 0.25) is 0 Å². The standard InChI is InChI=1S/C17H19BrN4O4/c1-11-2-4-14(13(18)8-11)21-17(24)10-20-16-9-12(22(25)26)3-5-15(16)19-6-7-23/h2-5,8-9,19-20,23H,6-7,10H2,1H3,(H,21,24). The molecule has 138 valence electrons. The predicted octanol–water partition coefficient (Wildman–Crippen LogP) is 3.12. The summed E-state index contributed by atoms with van der Waals surface area (Å²) in [6.07, 6.45) is 0. The zero-order chi connectivity index (χ0) is 19.1. The quantitative estimate of drug-likeness (QED) is 0.383. The monoisotopic (exact) mass is 422 g/mol. The molecule has 2 aromatic rings. The largest absolute Gasteiger partial charge is 0.395 e. The molecule has 0 saturated heterocycles. The molecule has 0 aliphatic rings. The number of aliphatic hydroxyl groups excluding tert-OH is 1. The first-order chi connectivity index (χ1) is 12.4. The van der Waals surface area contributed by atoms with Crippen LogP contribution in [-0.4, -0.2) is 35.6 Å². The lowest BCUT2D eigenvalue weighted by molar-refractivity contribution is -0.384. The average molecular weight is 423 g/mol. The van der Waals surface area contributed by atoms with Gasteiger partial charge in [-0.15, -0.1) is 0 Å². The van der Waals surface area contributed by atoms with Crippen LogP contribution in [-0.2, 0) is 4.79 Å². The van der Waals surface area contributed by atoms with Crippen molar-refractivity contribution in [1.82, 2.24) is 0 Å². The van der Waals surface area contributed by atoms with Gasteiger partial charge in [0.05, 0.1) is 35.1 Å². The molecular weight excluding hydrogens is 404 g/mol. The van der Waals surface area contributed by atoms with Gasteiger partial charge in [0.2, 0.25) is 5.91 Å². The Balaban J connectivity index is 2.07. The number of halogens is 1. The van der Waals surface area contributed by atoms with Gasteiger partial charge in [0.25, 0.3) is 5.69 Å². The maximum Gasteiger partial charge on any atom is 0.271 e. The zero-order valence-electron chi connectivity index (χ0n) is 14.1. The third kappa shape index (κ3) is 5.43. The van der Waals surface area contributed by atoms with E-state index < -0.39 is 4.92 Å². The van der Waals surface area contributed by atoms with E-state index in [2.05, 4.69) is 31.9 Å². The molecule has 0 aliphatic carbocycles. The molecule has 4 N–H and O–H groups in total. The number of nitrogens with zero attached hydrogens (tertiary/aromatic N) is 1. The van der Waals surface area contributed by atoms with E-state index in [9.17, 15) is 14.9 Å². The highest BCUT2D eigenvalue weighted by atomic mass is 79.9. The molecule has 2 rings (SSSR count). The van der Waals surface area contributed by atoms with Crippen molar-refractivity contribution in [2.24, 2.45) is 0 Å². The highest BCUT2D eigenvalue weighted by Crippen LogP contribution is 2.27. The van der Waals surface area contributed by atoms with Crippen LogP contribution in [0.15, 0.2) is 40.9 Å². The molecule has 0 heterocycles. The molecule has 0 aromatic heterocycles. The highest BCUT2D eigenvalue weighted by Gasteiger charge is 2.12. The van der Waals surface area contributed by atoms with E-state index in [4.69, 9.17) is 5.11 Å². The van der Waals surface area contributed by atoms with E-state index >= 15 is 0 Å². The second kappa shape index (κ2) is 9.16. The second-order valence-corrected chi connectivity index (χ2v) is 6.38. The molecule has 0 spiro atoms. The van der Waals surface area contributed by atoms with Crippen LogP contribution < -0.4 is 16.0 Å². The number of carbonyl (C=O) groups excluding carboxylic acids is 1. The van der Waals surface area contributed by atoms with Gasteiger partial charge in [-0.2, -0.15) is 0 Å². The molecule has 0 unspecified atom stereocenters. The van der Waals surface area contributed by atoms with Gasteiger partial charge < -0.3 is 21.1 Å². The first-order valence-corrected chi connectivity index (χ1v) is 8.63. The van der Waals surface area contributed by atoms with E-state index in [0.717, 1.165) is 10.0 Å². The summed E-state index contributed by atoms with van der Waals surface area (Å²) in [5, 5.41) is 28.5. The molecule has 0 atom stereocenters. The minimum absolute atomic E-state index is 0.0741. The van der Waals surface area contributed by atoms with Gasteiger partial charge in [-0.1, -0.05) is 6.07 Å². The number of nitro benzene ring substituents is 1. The summed E-state index contributed by atoms with van der Waals surface area (Å²) < 4.78 is 0.770. The number of carbonyl (C=O) groups is 1. The van der Waals surface area contributed by atoms with Crippen molar-refractivity contribution in [3.05, 3.63) is 56.5 Å². The number of hydrogen-bond donors (Lipinski definition) is 4. The minimum atomic E-state index is -0.509. The van der Waals surface area contributed by atoms with Crippen molar-refractivity contribution in [2.45, 2.75) is 6.92 Å². The molecule has 9 heteroatoms. The first kappa shape index (κ1) is 19.7. The molecule has 1 amide bonds. The third-order valence-electron chi connectivity index (χ3n) is 3.48. The molecule has 0 bridgehead atoms. The van der Waals surface area contributed by atoms with Gasteiger partial charge in [0.15, 0.2) is 0 Å². The summed E-state index contributed by atoms with van der Waals surface area (Å²) in [4.78, 5) is 22.6. The minimum Gasteiger partial charge on any atom is -0.395 e. The molecule has 0 radical (unpaired) electrons. The average Bonchev–Trinajstić information content (AvgIpc) is 2.60. The first-order valence-electron chi connectivity index (χ1n) is 7.83. The number of aryl methyl sites for hydroxylation is 1. The van der Waals surface area contributed by atoms with Crippen LogP contribution in [0.1, 0.15) is 5.56 Å². The van der Waals surface area contributed by atoms with E-state index in [1.54, 1.807) is 6.07 Å². The van der Waals surface area contributed by atoms with Crippen molar-refractivity contribution >= 4 is 44.6 Å². The SMILES string of the molecule is Cc1ccc(NC(=O)CNc2cc([N+](=O)[O-])ccc2NCCO)c(Br)c1. The molecule has 8 nitrogen and oxygen atoms in total. The molecule has 0 fully saturated rings. The Kier molecular flexibility index (Phi) is 6.93. The number of amides is 1.